The van der Waals surface area contributed by atoms with Crippen LogP contribution in [0.2, 0.25) is 0 Å². The number of thiophene rings is 1. The first kappa shape index (κ1) is 20.9. The lowest BCUT2D eigenvalue weighted by Crippen LogP contribution is -2.36. The Labute approximate surface area is 190 Å². The Hall–Kier alpha value is -2.97. The van der Waals surface area contributed by atoms with Gasteiger partial charge in [-0.2, -0.15) is 0 Å². The maximum Gasteiger partial charge on any atom is 0.294 e. The average Bonchev–Trinajstić information content (AvgIpc) is 3.51. The largest absolute Gasteiger partial charge is 0.361 e. The predicted octanol–water partition coefficient (Wildman–Crippen LogP) is 3.27. The molecule has 1 aromatic carbocycles. The van der Waals surface area contributed by atoms with E-state index in [0.29, 0.717) is 19.5 Å². The number of fused-ring (bicyclic) bond motifs is 2. The van der Waals surface area contributed by atoms with Gasteiger partial charge >= 0.3 is 0 Å². The van der Waals surface area contributed by atoms with Gasteiger partial charge in [0.05, 0.1) is 6.54 Å². The van der Waals surface area contributed by atoms with Crippen LogP contribution in [0.3, 0.4) is 0 Å². The summed E-state index contributed by atoms with van der Waals surface area (Å²) in [6, 6.07) is 11.5. The van der Waals surface area contributed by atoms with E-state index in [-0.39, 0.29) is 23.2 Å². The zero-order chi connectivity index (χ0) is 22.1. The third kappa shape index (κ3) is 3.96. The fourth-order valence-corrected chi connectivity index (χ4v) is 5.72. The van der Waals surface area contributed by atoms with E-state index in [0.717, 1.165) is 35.6 Å². The summed E-state index contributed by atoms with van der Waals surface area (Å²) in [7, 11) is 0. The molecule has 5 rings (SSSR count). The molecule has 2 atom stereocenters. The number of anilines is 1. The van der Waals surface area contributed by atoms with Gasteiger partial charge in [-0.3, -0.25) is 14.2 Å². The Morgan fingerprint density at radius 1 is 1.25 bits per heavy atom. The Kier molecular flexibility index (Phi) is 5.80. The van der Waals surface area contributed by atoms with Gasteiger partial charge in [-0.1, -0.05) is 37.3 Å². The maximum absolute atomic E-state index is 13.3. The molecule has 0 radical (unpaired) electrons. The number of carbonyl (C=O) groups excluding carboxylic acids is 1. The van der Waals surface area contributed by atoms with Gasteiger partial charge in [0.25, 0.3) is 5.56 Å². The van der Waals surface area contributed by atoms with Crippen LogP contribution in [-0.4, -0.2) is 15.5 Å². The van der Waals surface area contributed by atoms with Crippen LogP contribution in [-0.2, 0) is 31.0 Å². The monoisotopic (exact) mass is 449 g/mol. The normalized spacial score (nSPS) is 18.9. The average molecular weight is 450 g/mol. The second kappa shape index (κ2) is 8.88. The summed E-state index contributed by atoms with van der Waals surface area (Å²) >= 11 is 1.74. The Balaban J connectivity index is 1.33. The van der Waals surface area contributed by atoms with Crippen LogP contribution in [0.1, 0.15) is 58.3 Å². The summed E-state index contributed by atoms with van der Waals surface area (Å²) in [5, 5.41) is 9.55. The number of benzene rings is 1. The van der Waals surface area contributed by atoms with Crippen molar-refractivity contribution in [1.82, 2.24) is 20.2 Å². The van der Waals surface area contributed by atoms with Gasteiger partial charge in [0.1, 0.15) is 6.04 Å². The summed E-state index contributed by atoms with van der Waals surface area (Å²) in [4.78, 5) is 33.3. The number of carbonyl (C=O) groups is 1. The molecule has 3 N–H and O–H groups in total. The van der Waals surface area contributed by atoms with E-state index in [1.54, 1.807) is 22.1 Å². The molecule has 7 nitrogen and oxygen atoms in total. The highest BCUT2D eigenvalue weighted by atomic mass is 32.1. The second-order valence-corrected chi connectivity index (χ2v) is 9.61. The van der Waals surface area contributed by atoms with Crippen molar-refractivity contribution in [1.29, 1.82) is 0 Å². The van der Waals surface area contributed by atoms with E-state index < -0.39 is 6.04 Å². The first-order valence-corrected chi connectivity index (χ1v) is 11.9. The number of hydrogen-bond donors (Lipinski definition) is 3. The molecule has 0 saturated heterocycles. The molecule has 0 saturated carbocycles. The Morgan fingerprint density at radius 3 is 2.88 bits per heavy atom. The molecular formula is C24H27N5O2S. The highest BCUT2D eigenvalue weighted by Crippen LogP contribution is 2.37. The highest BCUT2D eigenvalue weighted by Gasteiger charge is 2.36. The lowest BCUT2D eigenvalue weighted by molar-refractivity contribution is -0.124. The van der Waals surface area contributed by atoms with E-state index in [2.05, 4.69) is 33.9 Å². The van der Waals surface area contributed by atoms with Crippen molar-refractivity contribution < 1.29 is 4.79 Å². The lowest BCUT2D eigenvalue weighted by atomic mass is 9.99. The van der Waals surface area contributed by atoms with Gasteiger partial charge in [0, 0.05) is 47.2 Å². The molecule has 2 aliphatic heterocycles. The number of amides is 1. The lowest BCUT2D eigenvalue weighted by Gasteiger charge is -2.15. The number of hydrogen-bond acceptors (Lipinski definition) is 6. The van der Waals surface area contributed by atoms with Crippen LogP contribution in [0.4, 0.5) is 5.82 Å². The minimum absolute atomic E-state index is 0.101. The van der Waals surface area contributed by atoms with Gasteiger partial charge in [0.2, 0.25) is 5.91 Å². The summed E-state index contributed by atoms with van der Waals surface area (Å²) < 4.78 is 1.65. The predicted molar refractivity (Wildman–Crippen MR) is 126 cm³/mol. The van der Waals surface area contributed by atoms with Crippen LogP contribution < -0.4 is 21.5 Å². The zero-order valence-corrected chi connectivity index (χ0v) is 18.9. The molecule has 8 heteroatoms. The van der Waals surface area contributed by atoms with Crippen LogP contribution in [0.25, 0.3) is 0 Å². The van der Waals surface area contributed by atoms with Crippen molar-refractivity contribution >= 4 is 23.1 Å². The highest BCUT2D eigenvalue weighted by molar-refractivity contribution is 7.12. The number of aromatic nitrogens is 2. The molecule has 32 heavy (non-hydrogen) atoms. The minimum atomic E-state index is -0.504. The van der Waals surface area contributed by atoms with E-state index >= 15 is 0 Å². The van der Waals surface area contributed by atoms with E-state index in [4.69, 9.17) is 0 Å². The summed E-state index contributed by atoms with van der Waals surface area (Å²) in [6.07, 6.45) is 3.26. The third-order valence-electron chi connectivity index (χ3n) is 6.35. The summed E-state index contributed by atoms with van der Waals surface area (Å²) in [5.74, 6) is 0.344. The Morgan fingerprint density at radius 2 is 2.09 bits per heavy atom. The van der Waals surface area contributed by atoms with Crippen LogP contribution >= 0.6 is 11.3 Å². The second-order valence-electron chi connectivity index (χ2n) is 8.39. The van der Waals surface area contributed by atoms with Gasteiger partial charge < -0.3 is 16.0 Å². The standard InChI is InChI=1S/C24H27N5O2S/c1-2-16-9-19(23(30)28-12-18-8-17-11-25-14-21(17)32-18)29-20(16)13-27-22(24(29)31)26-10-15-6-4-3-5-7-15/h3-8,13,16,19,25H,2,9-12,14H2,1H3,(H,26,27)(H,28,30)/t16-,19-/m0/s1. The molecule has 166 valence electrons. The van der Waals surface area contributed by atoms with E-state index in [1.807, 2.05) is 30.3 Å². The first-order chi connectivity index (χ1) is 15.6. The van der Waals surface area contributed by atoms with Crippen molar-refractivity contribution in [2.75, 3.05) is 5.32 Å². The maximum atomic E-state index is 13.3. The van der Waals surface area contributed by atoms with Gasteiger partial charge in [0.15, 0.2) is 5.82 Å². The van der Waals surface area contributed by atoms with Crippen LogP contribution in [0.5, 0.6) is 0 Å². The summed E-state index contributed by atoms with van der Waals surface area (Å²) in [6.45, 7) is 4.90. The van der Waals surface area contributed by atoms with Crippen molar-refractivity contribution in [3.63, 3.8) is 0 Å². The molecular weight excluding hydrogens is 422 g/mol. The fraction of sp³-hybridized carbons (Fsp3) is 0.375. The molecule has 4 heterocycles. The van der Waals surface area contributed by atoms with Crippen LogP contribution in [0, 0.1) is 0 Å². The van der Waals surface area contributed by atoms with Gasteiger partial charge in [-0.25, -0.2) is 4.98 Å². The van der Waals surface area contributed by atoms with Crippen molar-refractivity contribution in [3.8, 4) is 0 Å². The molecule has 0 spiro atoms. The SMILES string of the molecule is CC[C@H]1C[C@@H](C(=O)NCc2cc3c(s2)CNC3)n2c1cnc(NCc1ccccc1)c2=O. The summed E-state index contributed by atoms with van der Waals surface area (Å²) in [5.41, 5.74) is 3.02. The molecule has 3 aromatic rings. The van der Waals surface area contributed by atoms with Crippen molar-refractivity contribution in [3.05, 3.63) is 79.5 Å². The molecule has 2 aromatic heterocycles. The number of nitrogens with one attached hydrogen (secondary N) is 3. The van der Waals surface area contributed by atoms with E-state index in [9.17, 15) is 9.59 Å². The smallest absolute Gasteiger partial charge is 0.294 e. The topological polar surface area (TPSA) is 88.1 Å². The van der Waals surface area contributed by atoms with Gasteiger partial charge in [-0.05, 0) is 30.0 Å². The molecule has 0 aliphatic carbocycles. The number of nitrogens with zero attached hydrogens (tertiary/aromatic N) is 2. The fourth-order valence-electron chi connectivity index (χ4n) is 4.62. The minimum Gasteiger partial charge on any atom is -0.361 e. The Bertz CT molecular complexity index is 1170. The molecule has 0 bridgehead atoms. The van der Waals surface area contributed by atoms with Crippen LogP contribution in [0.15, 0.2) is 47.4 Å². The first-order valence-electron chi connectivity index (χ1n) is 11.1. The van der Waals surface area contributed by atoms with Crippen molar-refractivity contribution in [2.24, 2.45) is 0 Å². The van der Waals surface area contributed by atoms with Gasteiger partial charge in [-0.15, -0.1) is 11.3 Å². The zero-order valence-electron chi connectivity index (χ0n) is 18.1. The molecule has 0 unspecified atom stereocenters. The molecule has 0 fully saturated rings. The van der Waals surface area contributed by atoms with E-state index in [1.165, 1.54) is 10.4 Å². The molecule has 1 amide bonds. The van der Waals surface area contributed by atoms with Crippen molar-refractivity contribution in [2.45, 2.75) is 57.9 Å². The third-order valence-corrected chi connectivity index (χ3v) is 7.52. The number of rotatable bonds is 7. The quantitative estimate of drug-likeness (QED) is 0.515. The molecule has 2 aliphatic rings.